The minimum Gasteiger partial charge on any atom is -0.316 e. The molecule has 1 aromatic heterocycles. The number of hydrogen-bond donors (Lipinski definition) is 2. The fourth-order valence-electron chi connectivity index (χ4n) is 2.99. The summed E-state index contributed by atoms with van der Waals surface area (Å²) in [6, 6.07) is 3.33. The maximum atomic E-state index is 12.3. The molecular formula is C15H25N3O2S. The first-order chi connectivity index (χ1) is 9.63. The number of hydrogen-bond acceptors (Lipinski definition) is 4. The molecule has 1 aromatic rings. The van der Waals surface area contributed by atoms with Crippen LogP contribution in [0.2, 0.25) is 0 Å². The predicted octanol–water partition coefficient (Wildman–Crippen LogP) is 1.76. The molecule has 1 aliphatic rings. The van der Waals surface area contributed by atoms with Gasteiger partial charge in [0, 0.05) is 19.3 Å². The molecule has 21 heavy (non-hydrogen) atoms. The van der Waals surface area contributed by atoms with Crippen LogP contribution < -0.4 is 10.0 Å². The molecule has 0 aromatic carbocycles. The topological polar surface area (TPSA) is 71.1 Å². The lowest BCUT2D eigenvalue weighted by molar-refractivity contribution is 0.457. The molecule has 1 saturated carbocycles. The SMILES string of the molecule is CNCc1ccc(S(=O)(=O)NCC2C(C)(C)C2(C)C)nc1. The Morgan fingerprint density at radius 1 is 1.19 bits per heavy atom. The van der Waals surface area contributed by atoms with Crippen LogP contribution in [0.15, 0.2) is 23.4 Å². The van der Waals surface area contributed by atoms with Gasteiger partial charge in [-0.15, -0.1) is 0 Å². The van der Waals surface area contributed by atoms with Crippen molar-refractivity contribution in [2.24, 2.45) is 16.7 Å². The van der Waals surface area contributed by atoms with Crippen LogP contribution in [0.4, 0.5) is 0 Å². The van der Waals surface area contributed by atoms with Gasteiger partial charge in [-0.25, -0.2) is 18.1 Å². The number of nitrogens with one attached hydrogen (secondary N) is 2. The summed E-state index contributed by atoms with van der Waals surface area (Å²) in [7, 11) is -1.69. The lowest BCUT2D eigenvalue weighted by Gasteiger charge is -2.08. The number of rotatable bonds is 6. The van der Waals surface area contributed by atoms with Crippen molar-refractivity contribution in [3.05, 3.63) is 23.9 Å². The highest BCUT2D eigenvalue weighted by Crippen LogP contribution is 2.67. The van der Waals surface area contributed by atoms with Crippen molar-refractivity contribution in [3.8, 4) is 0 Å². The summed E-state index contributed by atoms with van der Waals surface area (Å²) in [6.45, 7) is 9.84. The Hall–Kier alpha value is -0.980. The third-order valence-corrected chi connectivity index (χ3v) is 6.59. The van der Waals surface area contributed by atoms with E-state index < -0.39 is 10.0 Å². The van der Waals surface area contributed by atoms with Gasteiger partial charge < -0.3 is 5.32 Å². The highest BCUT2D eigenvalue weighted by Gasteiger charge is 2.64. The molecule has 0 bridgehead atoms. The summed E-state index contributed by atoms with van der Waals surface area (Å²) < 4.78 is 27.2. The van der Waals surface area contributed by atoms with Crippen LogP contribution in [0, 0.1) is 16.7 Å². The first kappa shape index (κ1) is 16.4. The van der Waals surface area contributed by atoms with Crippen LogP contribution in [0.25, 0.3) is 0 Å². The number of nitrogens with zero attached hydrogens (tertiary/aromatic N) is 1. The Labute approximate surface area is 127 Å². The Kier molecular flexibility index (Phi) is 4.17. The number of pyridine rings is 1. The largest absolute Gasteiger partial charge is 0.316 e. The normalized spacial score (nSPS) is 20.4. The van der Waals surface area contributed by atoms with E-state index in [4.69, 9.17) is 0 Å². The van der Waals surface area contributed by atoms with E-state index in [-0.39, 0.29) is 15.9 Å². The Morgan fingerprint density at radius 2 is 1.81 bits per heavy atom. The summed E-state index contributed by atoms with van der Waals surface area (Å²) in [4.78, 5) is 4.05. The lowest BCUT2D eigenvalue weighted by Crippen LogP contribution is -2.28. The van der Waals surface area contributed by atoms with Gasteiger partial charge in [0.05, 0.1) is 0 Å². The second-order valence-corrected chi connectivity index (χ2v) is 8.60. The quantitative estimate of drug-likeness (QED) is 0.840. The molecule has 5 nitrogen and oxygen atoms in total. The molecule has 2 N–H and O–H groups in total. The molecule has 2 rings (SSSR count). The van der Waals surface area contributed by atoms with Gasteiger partial charge >= 0.3 is 0 Å². The van der Waals surface area contributed by atoms with Crippen molar-refractivity contribution in [1.82, 2.24) is 15.0 Å². The van der Waals surface area contributed by atoms with Crippen LogP contribution in [0.1, 0.15) is 33.3 Å². The molecule has 6 heteroatoms. The molecule has 118 valence electrons. The van der Waals surface area contributed by atoms with Crippen LogP contribution in [0.5, 0.6) is 0 Å². The Morgan fingerprint density at radius 3 is 2.24 bits per heavy atom. The van der Waals surface area contributed by atoms with Gasteiger partial charge in [0.2, 0.25) is 0 Å². The summed E-state index contributed by atoms with van der Waals surface area (Å²) in [5.41, 5.74) is 1.29. The van der Waals surface area contributed by atoms with Crippen molar-refractivity contribution >= 4 is 10.0 Å². The monoisotopic (exact) mass is 311 g/mol. The van der Waals surface area contributed by atoms with Crippen molar-refractivity contribution < 1.29 is 8.42 Å². The van der Waals surface area contributed by atoms with E-state index in [0.717, 1.165) is 5.56 Å². The second-order valence-electron chi connectivity index (χ2n) is 6.88. The van der Waals surface area contributed by atoms with Crippen molar-refractivity contribution in [1.29, 1.82) is 0 Å². The zero-order chi connectivity index (χ0) is 15.9. The van der Waals surface area contributed by atoms with Gasteiger partial charge in [-0.3, -0.25) is 0 Å². The number of aromatic nitrogens is 1. The molecule has 0 spiro atoms. The van der Waals surface area contributed by atoms with Gasteiger partial charge in [0.25, 0.3) is 10.0 Å². The maximum Gasteiger partial charge on any atom is 0.258 e. The molecule has 0 aliphatic heterocycles. The molecular weight excluding hydrogens is 286 g/mol. The van der Waals surface area contributed by atoms with E-state index in [0.29, 0.717) is 19.0 Å². The molecule has 1 aliphatic carbocycles. The number of sulfonamides is 1. The van der Waals surface area contributed by atoms with Gasteiger partial charge in [-0.05, 0) is 35.4 Å². The average Bonchev–Trinajstić information content (AvgIpc) is 2.78. The lowest BCUT2D eigenvalue weighted by atomic mass is 10.0. The Bertz CT molecular complexity index is 592. The molecule has 0 radical (unpaired) electrons. The fourth-order valence-corrected chi connectivity index (χ4v) is 3.96. The summed E-state index contributed by atoms with van der Waals surface area (Å²) in [5.74, 6) is 0.350. The standard InChI is InChI=1S/C15H25N3O2S/c1-14(2)12(15(14,3)4)10-18-21(19,20)13-7-6-11(8-16-5)9-17-13/h6-7,9,12,16,18H,8,10H2,1-5H3. The molecule has 0 atom stereocenters. The third-order valence-electron chi connectivity index (χ3n) is 5.25. The van der Waals surface area contributed by atoms with E-state index >= 15 is 0 Å². The van der Waals surface area contributed by atoms with Crippen LogP contribution in [-0.2, 0) is 16.6 Å². The van der Waals surface area contributed by atoms with Crippen molar-refractivity contribution in [2.75, 3.05) is 13.6 Å². The van der Waals surface area contributed by atoms with Crippen LogP contribution >= 0.6 is 0 Å². The van der Waals surface area contributed by atoms with Gasteiger partial charge in [-0.1, -0.05) is 33.8 Å². The highest BCUT2D eigenvalue weighted by molar-refractivity contribution is 7.89. The molecule has 0 saturated heterocycles. The van der Waals surface area contributed by atoms with E-state index in [2.05, 4.69) is 42.7 Å². The summed E-state index contributed by atoms with van der Waals surface area (Å²) >= 11 is 0. The van der Waals surface area contributed by atoms with Crippen LogP contribution in [-0.4, -0.2) is 27.0 Å². The van der Waals surface area contributed by atoms with E-state index in [9.17, 15) is 8.42 Å². The zero-order valence-corrected chi connectivity index (χ0v) is 14.2. The second kappa shape index (κ2) is 5.34. The Balaban J connectivity index is 2.03. The molecule has 1 fully saturated rings. The van der Waals surface area contributed by atoms with E-state index in [1.807, 2.05) is 7.05 Å². The first-order valence-electron chi connectivity index (χ1n) is 7.22. The van der Waals surface area contributed by atoms with Crippen molar-refractivity contribution in [3.63, 3.8) is 0 Å². The predicted molar refractivity (Wildman–Crippen MR) is 83.2 cm³/mol. The molecule has 0 unspecified atom stereocenters. The minimum atomic E-state index is -3.53. The fraction of sp³-hybridized carbons (Fsp3) is 0.667. The van der Waals surface area contributed by atoms with Gasteiger partial charge in [-0.2, -0.15) is 0 Å². The zero-order valence-electron chi connectivity index (χ0n) is 13.4. The maximum absolute atomic E-state index is 12.3. The molecule has 0 amide bonds. The van der Waals surface area contributed by atoms with Crippen LogP contribution in [0.3, 0.4) is 0 Å². The summed E-state index contributed by atoms with van der Waals surface area (Å²) in [5, 5.41) is 3.09. The summed E-state index contributed by atoms with van der Waals surface area (Å²) in [6.07, 6.45) is 1.59. The minimum absolute atomic E-state index is 0.0821. The smallest absolute Gasteiger partial charge is 0.258 e. The first-order valence-corrected chi connectivity index (χ1v) is 8.70. The van der Waals surface area contributed by atoms with Gasteiger partial charge in [0.15, 0.2) is 5.03 Å². The van der Waals surface area contributed by atoms with E-state index in [1.165, 1.54) is 0 Å². The molecule has 1 heterocycles. The highest BCUT2D eigenvalue weighted by atomic mass is 32.2. The third kappa shape index (κ3) is 2.98. The van der Waals surface area contributed by atoms with Crippen molar-refractivity contribution in [2.45, 2.75) is 39.3 Å². The average molecular weight is 311 g/mol. The van der Waals surface area contributed by atoms with E-state index in [1.54, 1.807) is 18.3 Å². The van der Waals surface area contributed by atoms with Gasteiger partial charge in [0.1, 0.15) is 0 Å².